The number of benzene rings is 1. The van der Waals surface area contributed by atoms with E-state index in [9.17, 15) is 0 Å². The summed E-state index contributed by atoms with van der Waals surface area (Å²) in [4.78, 5) is 8.15. The Kier molecular flexibility index (Phi) is 4.27. The fourth-order valence-corrected chi connectivity index (χ4v) is 4.76. The average molecular weight is 366 g/mol. The van der Waals surface area contributed by atoms with Crippen molar-refractivity contribution in [2.75, 3.05) is 4.90 Å². The van der Waals surface area contributed by atoms with Crippen molar-refractivity contribution in [3.05, 3.63) is 81.8 Å². The fourth-order valence-electron chi connectivity index (χ4n) is 3.36. The molecule has 0 radical (unpaired) electrons. The molecule has 1 saturated heterocycles. The molecule has 1 aliphatic heterocycles. The molecule has 1 N–H and O–H groups in total. The number of rotatable bonds is 3. The van der Waals surface area contributed by atoms with Crippen molar-refractivity contribution in [2.45, 2.75) is 25.9 Å². The highest BCUT2D eigenvalue weighted by Crippen LogP contribution is 2.44. The second-order valence-corrected chi connectivity index (χ2v) is 7.64. The highest BCUT2D eigenvalue weighted by molar-refractivity contribution is 7.80. The summed E-state index contributed by atoms with van der Waals surface area (Å²) in [6, 6.07) is 16.8. The van der Waals surface area contributed by atoms with E-state index in [1.165, 1.54) is 16.0 Å². The van der Waals surface area contributed by atoms with Crippen LogP contribution in [-0.2, 0) is 0 Å². The van der Waals surface area contributed by atoms with Gasteiger partial charge in [-0.15, -0.1) is 11.3 Å². The van der Waals surface area contributed by atoms with Gasteiger partial charge in [-0.25, -0.2) is 0 Å². The van der Waals surface area contributed by atoms with Crippen LogP contribution >= 0.6 is 23.6 Å². The predicted molar refractivity (Wildman–Crippen MR) is 108 cm³/mol. The maximum Gasteiger partial charge on any atom is 0.174 e. The Bertz CT molecular complexity index is 904. The van der Waals surface area contributed by atoms with Gasteiger partial charge >= 0.3 is 0 Å². The Hall–Kier alpha value is -2.24. The minimum atomic E-state index is 0.0339. The third-order valence-electron chi connectivity index (χ3n) is 4.55. The number of anilines is 1. The van der Waals surface area contributed by atoms with Crippen LogP contribution in [0, 0.1) is 13.8 Å². The molecular formula is C20H19N3S2. The zero-order valence-corrected chi connectivity index (χ0v) is 15.8. The highest BCUT2D eigenvalue weighted by atomic mass is 32.1. The molecule has 1 fully saturated rings. The smallest absolute Gasteiger partial charge is 0.174 e. The van der Waals surface area contributed by atoms with Gasteiger partial charge in [-0.2, -0.15) is 0 Å². The number of pyridine rings is 1. The minimum absolute atomic E-state index is 0.0339. The molecule has 0 unspecified atom stereocenters. The van der Waals surface area contributed by atoms with E-state index >= 15 is 0 Å². The summed E-state index contributed by atoms with van der Waals surface area (Å²) in [5.41, 5.74) is 4.65. The third-order valence-corrected chi connectivity index (χ3v) is 5.95. The first kappa shape index (κ1) is 16.2. The summed E-state index contributed by atoms with van der Waals surface area (Å²) in [5, 5.41) is 6.40. The summed E-state index contributed by atoms with van der Waals surface area (Å²) in [6.45, 7) is 4.27. The molecule has 0 aliphatic carbocycles. The van der Waals surface area contributed by atoms with E-state index in [-0.39, 0.29) is 12.1 Å². The van der Waals surface area contributed by atoms with E-state index in [4.69, 9.17) is 12.2 Å². The minimum Gasteiger partial charge on any atom is -0.351 e. The molecule has 3 nitrogen and oxygen atoms in total. The summed E-state index contributed by atoms with van der Waals surface area (Å²) >= 11 is 7.51. The number of hydrogen-bond donors (Lipinski definition) is 1. The first-order valence-corrected chi connectivity index (χ1v) is 9.55. The molecule has 3 aromatic rings. The lowest BCUT2D eigenvalue weighted by Gasteiger charge is -2.27. The predicted octanol–water partition coefficient (Wildman–Crippen LogP) is 4.94. The molecule has 4 rings (SSSR count). The fraction of sp³-hybridized carbons (Fsp3) is 0.200. The van der Waals surface area contributed by atoms with Crippen molar-refractivity contribution in [1.82, 2.24) is 10.3 Å². The van der Waals surface area contributed by atoms with Crippen LogP contribution < -0.4 is 10.2 Å². The Morgan fingerprint density at radius 1 is 1.12 bits per heavy atom. The van der Waals surface area contributed by atoms with Gasteiger partial charge in [-0.3, -0.25) is 4.98 Å². The van der Waals surface area contributed by atoms with Crippen molar-refractivity contribution in [2.24, 2.45) is 0 Å². The third kappa shape index (κ3) is 2.94. The Labute approximate surface area is 157 Å². The zero-order valence-electron chi connectivity index (χ0n) is 14.1. The number of aryl methyl sites for hydroxylation is 2. The largest absolute Gasteiger partial charge is 0.351 e. The van der Waals surface area contributed by atoms with E-state index in [1.54, 1.807) is 11.3 Å². The zero-order chi connectivity index (χ0) is 17.4. The van der Waals surface area contributed by atoms with Gasteiger partial charge in [0.25, 0.3) is 0 Å². The lowest BCUT2D eigenvalue weighted by atomic mass is 10.0. The molecule has 0 bridgehead atoms. The first-order chi connectivity index (χ1) is 12.1. The summed E-state index contributed by atoms with van der Waals surface area (Å²) in [6.07, 6.45) is 1.84. The van der Waals surface area contributed by atoms with Gasteiger partial charge in [-0.05, 0) is 72.9 Å². The number of aromatic nitrogens is 1. The quantitative estimate of drug-likeness (QED) is 0.666. The molecule has 2 aromatic heterocycles. The second kappa shape index (κ2) is 6.58. The van der Waals surface area contributed by atoms with Gasteiger partial charge < -0.3 is 10.2 Å². The number of thiophene rings is 1. The van der Waals surface area contributed by atoms with Crippen LogP contribution in [0.2, 0.25) is 0 Å². The van der Waals surface area contributed by atoms with Crippen LogP contribution in [0.1, 0.15) is 33.8 Å². The van der Waals surface area contributed by atoms with E-state index in [0.29, 0.717) is 0 Å². The second-order valence-electron chi connectivity index (χ2n) is 6.30. The first-order valence-electron chi connectivity index (χ1n) is 8.26. The summed E-state index contributed by atoms with van der Waals surface area (Å²) < 4.78 is 0. The molecule has 25 heavy (non-hydrogen) atoms. The lowest BCUT2D eigenvalue weighted by Crippen LogP contribution is -2.29. The van der Waals surface area contributed by atoms with Crippen molar-refractivity contribution in [3.8, 4) is 0 Å². The van der Waals surface area contributed by atoms with Crippen LogP contribution in [0.3, 0.4) is 0 Å². The lowest BCUT2D eigenvalue weighted by molar-refractivity contribution is 0.573. The van der Waals surface area contributed by atoms with Crippen molar-refractivity contribution in [3.63, 3.8) is 0 Å². The number of nitrogens with one attached hydrogen (secondary N) is 1. The molecule has 2 atom stereocenters. The Morgan fingerprint density at radius 2 is 2.00 bits per heavy atom. The van der Waals surface area contributed by atoms with Crippen LogP contribution in [0.15, 0.2) is 60.1 Å². The van der Waals surface area contributed by atoms with E-state index in [0.717, 1.165) is 16.5 Å². The Balaban J connectivity index is 1.85. The summed E-state index contributed by atoms with van der Waals surface area (Å²) in [7, 11) is 0. The van der Waals surface area contributed by atoms with Gasteiger partial charge in [0.1, 0.15) is 0 Å². The molecular weight excluding hydrogens is 346 g/mol. The number of thiocarbonyl (C=S) groups is 1. The van der Waals surface area contributed by atoms with E-state index in [2.05, 4.69) is 70.8 Å². The Morgan fingerprint density at radius 3 is 2.68 bits per heavy atom. The monoisotopic (exact) mass is 365 g/mol. The van der Waals surface area contributed by atoms with Crippen molar-refractivity contribution < 1.29 is 0 Å². The SMILES string of the molecule is Cc1cccc(N2C(=S)N[C@@H](c3ccccn3)[C@H]2c2sccc2C)c1. The molecule has 126 valence electrons. The maximum absolute atomic E-state index is 5.73. The van der Waals surface area contributed by atoms with Gasteiger partial charge in [0.05, 0.1) is 17.8 Å². The van der Waals surface area contributed by atoms with Crippen LogP contribution in [0.25, 0.3) is 0 Å². The van der Waals surface area contributed by atoms with Gasteiger partial charge in [-0.1, -0.05) is 18.2 Å². The van der Waals surface area contributed by atoms with Crippen LogP contribution in [-0.4, -0.2) is 10.1 Å². The van der Waals surface area contributed by atoms with Gasteiger partial charge in [0.15, 0.2) is 5.11 Å². The molecule has 1 aromatic carbocycles. The molecule has 1 aliphatic rings. The molecule has 0 amide bonds. The van der Waals surface area contributed by atoms with E-state index in [1.807, 2.05) is 18.3 Å². The standard InChI is InChI=1S/C20H19N3S2/c1-13-6-5-7-15(12-13)23-18(19-14(2)9-11-25-19)17(22-20(23)24)16-8-3-4-10-21-16/h3-12,17-18H,1-2H3,(H,22,24)/t17-,18-/m0/s1. The molecule has 5 heteroatoms. The molecule has 0 saturated carbocycles. The van der Waals surface area contributed by atoms with Gasteiger partial charge in [0.2, 0.25) is 0 Å². The van der Waals surface area contributed by atoms with Crippen LogP contribution in [0.4, 0.5) is 5.69 Å². The van der Waals surface area contributed by atoms with Crippen molar-refractivity contribution >= 4 is 34.4 Å². The van der Waals surface area contributed by atoms with Gasteiger partial charge in [0, 0.05) is 16.8 Å². The average Bonchev–Trinajstić information content (AvgIpc) is 3.18. The maximum atomic E-state index is 5.73. The van der Waals surface area contributed by atoms with E-state index < -0.39 is 0 Å². The normalized spacial score (nSPS) is 19.9. The van der Waals surface area contributed by atoms with Crippen LogP contribution in [0.5, 0.6) is 0 Å². The molecule has 0 spiro atoms. The topological polar surface area (TPSA) is 28.2 Å². The van der Waals surface area contributed by atoms with Crippen molar-refractivity contribution in [1.29, 1.82) is 0 Å². The number of hydrogen-bond acceptors (Lipinski definition) is 3. The number of nitrogens with zero attached hydrogens (tertiary/aromatic N) is 2. The highest BCUT2D eigenvalue weighted by Gasteiger charge is 2.41. The summed E-state index contributed by atoms with van der Waals surface area (Å²) in [5.74, 6) is 0. The molecule has 3 heterocycles.